The zero-order valence-electron chi connectivity index (χ0n) is 11.1. The summed E-state index contributed by atoms with van der Waals surface area (Å²) < 4.78 is 0.640. The van der Waals surface area contributed by atoms with Gasteiger partial charge in [-0.05, 0) is 54.4 Å². The van der Waals surface area contributed by atoms with E-state index in [4.69, 9.17) is 0 Å². The number of halogens is 1. The van der Waals surface area contributed by atoms with Gasteiger partial charge in [-0.15, -0.1) is 0 Å². The lowest BCUT2D eigenvalue weighted by Crippen LogP contribution is -2.56. The summed E-state index contributed by atoms with van der Waals surface area (Å²) in [5.41, 5.74) is 0.667. The average Bonchev–Trinajstić information content (AvgIpc) is 2.84. The van der Waals surface area contributed by atoms with Crippen molar-refractivity contribution >= 4 is 21.8 Å². The lowest BCUT2D eigenvalue weighted by Gasteiger charge is -2.42. The van der Waals surface area contributed by atoms with Crippen LogP contribution in [-0.4, -0.2) is 52.4 Å². The predicted molar refractivity (Wildman–Crippen MR) is 77.0 cm³/mol. The fraction of sp³-hybridized carbons (Fsp3) is 0.571. The van der Waals surface area contributed by atoms with Crippen molar-refractivity contribution < 1.29 is 4.79 Å². The van der Waals surface area contributed by atoms with E-state index < -0.39 is 0 Å². The van der Waals surface area contributed by atoms with Gasteiger partial charge >= 0.3 is 0 Å². The van der Waals surface area contributed by atoms with Crippen LogP contribution in [0.4, 0.5) is 0 Å². The van der Waals surface area contributed by atoms with E-state index >= 15 is 0 Å². The standard InChI is InChI=1S/C14H18BrN3O/c1-10-8-17-7-3-4-11(17)9-18(10)14(19)12-5-2-6-16-13(12)15/h2,5-6,10-11H,3-4,7-9H2,1H3. The van der Waals surface area contributed by atoms with E-state index in [9.17, 15) is 4.79 Å². The molecule has 0 aromatic carbocycles. The van der Waals surface area contributed by atoms with E-state index in [1.165, 1.54) is 19.4 Å². The van der Waals surface area contributed by atoms with Crippen molar-refractivity contribution in [2.24, 2.45) is 0 Å². The zero-order chi connectivity index (χ0) is 13.4. The number of piperazine rings is 1. The predicted octanol–water partition coefficient (Wildman–Crippen LogP) is 2.15. The maximum atomic E-state index is 12.7. The second kappa shape index (κ2) is 5.21. The summed E-state index contributed by atoms with van der Waals surface area (Å²) in [6, 6.07) is 4.48. The molecule has 1 amide bonds. The summed E-state index contributed by atoms with van der Waals surface area (Å²) >= 11 is 3.37. The quantitative estimate of drug-likeness (QED) is 0.743. The van der Waals surface area contributed by atoms with E-state index in [0.29, 0.717) is 16.2 Å². The van der Waals surface area contributed by atoms with E-state index in [2.05, 4.69) is 32.7 Å². The van der Waals surface area contributed by atoms with Crippen LogP contribution < -0.4 is 0 Å². The van der Waals surface area contributed by atoms with Gasteiger partial charge < -0.3 is 4.90 Å². The maximum absolute atomic E-state index is 12.7. The summed E-state index contributed by atoms with van der Waals surface area (Å²) in [6.07, 6.45) is 4.17. The second-order valence-electron chi connectivity index (χ2n) is 5.44. The van der Waals surface area contributed by atoms with Gasteiger partial charge in [0.25, 0.3) is 5.91 Å². The minimum absolute atomic E-state index is 0.0963. The highest BCUT2D eigenvalue weighted by Gasteiger charge is 2.37. The molecule has 0 N–H and O–H groups in total. The van der Waals surface area contributed by atoms with Crippen LogP contribution in [0.15, 0.2) is 22.9 Å². The largest absolute Gasteiger partial charge is 0.333 e. The first kappa shape index (κ1) is 13.1. The van der Waals surface area contributed by atoms with E-state index in [-0.39, 0.29) is 11.9 Å². The van der Waals surface area contributed by atoms with Crippen LogP contribution in [-0.2, 0) is 0 Å². The molecule has 3 heterocycles. The Bertz CT molecular complexity index is 493. The molecule has 2 unspecified atom stereocenters. The highest BCUT2D eigenvalue weighted by Crippen LogP contribution is 2.26. The number of amides is 1. The van der Waals surface area contributed by atoms with E-state index in [1.807, 2.05) is 17.0 Å². The molecule has 19 heavy (non-hydrogen) atoms. The Labute approximate surface area is 121 Å². The van der Waals surface area contributed by atoms with E-state index in [0.717, 1.165) is 13.1 Å². The van der Waals surface area contributed by atoms with Crippen LogP contribution >= 0.6 is 15.9 Å². The first-order valence-corrected chi connectivity index (χ1v) is 7.61. The number of pyridine rings is 1. The Kier molecular flexibility index (Phi) is 3.58. The molecule has 4 nitrogen and oxygen atoms in total. The highest BCUT2D eigenvalue weighted by atomic mass is 79.9. The van der Waals surface area contributed by atoms with Crippen LogP contribution in [0.5, 0.6) is 0 Å². The number of hydrogen-bond donors (Lipinski definition) is 0. The third kappa shape index (κ3) is 2.41. The van der Waals surface area contributed by atoms with Crippen molar-refractivity contribution in [3.63, 3.8) is 0 Å². The Morgan fingerprint density at radius 3 is 3.11 bits per heavy atom. The van der Waals surface area contributed by atoms with Crippen LogP contribution in [0.2, 0.25) is 0 Å². The minimum atomic E-state index is 0.0963. The molecule has 0 spiro atoms. The number of carbonyl (C=O) groups excluding carboxylic acids is 1. The number of aromatic nitrogens is 1. The smallest absolute Gasteiger partial charge is 0.256 e. The van der Waals surface area contributed by atoms with Gasteiger partial charge in [0.1, 0.15) is 4.60 Å². The second-order valence-corrected chi connectivity index (χ2v) is 6.19. The summed E-state index contributed by atoms with van der Waals surface area (Å²) in [7, 11) is 0. The Balaban J connectivity index is 1.81. The molecule has 2 atom stereocenters. The first-order valence-electron chi connectivity index (χ1n) is 6.82. The summed E-state index contributed by atoms with van der Waals surface area (Å²) in [4.78, 5) is 21.3. The molecule has 2 saturated heterocycles. The molecule has 5 heteroatoms. The van der Waals surface area contributed by atoms with Crippen molar-refractivity contribution in [1.82, 2.24) is 14.8 Å². The number of hydrogen-bond acceptors (Lipinski definition) is 3. The van der Waals surface area contributed by atoms with Gasteiger partial charge in [-0.3, -0.25) is 9.69 Å². The summed E-state index contributed by atoms with van der Waals surface area (Å²) in [6.45, 7) is 5.17. The van der Waals surface area contributed by atoms with Gasteiger partial charge in [0.2, 0.25) is 0 Å². The van der Waals surface area contributed by atoms with Gasteiger partial charge in [0.05, 0.1) is 5.56 Å². The summed E-state index contributed by atoms with van der Waals surface area (Å²) in [5.74, 6) is 0.0963. The number of rotatable bonds is 1. The normalized spacial score (nSPS) is 27.4. The fourth-order valence-corrected chi connectivity index (χ4v) is 3.59. The molecule has 0 radical (unpaired) electrons. The van der Waals surface area contributed by atoms with Gasteiger partial charge in [0.15, 0.2) is 0 Å². The van der Waals surface area contributed by atoms with Gasteiger partial charge in [0, 0.05) is 31.4 Å². The van der Waals surface area contributed by atoms with E-state index in [1.54, 1.807) is 6.20 Å². The van der Waals surface area contributed by atoms with Crippen LogP contribution in [0, 0.1) is 0 Å². The van der Waals surface area contributed by atoms with Gasteiger partial charge in [-0.2, -0.15) is 0 Å². The molecule has 3 rings (SSSR count). The summed E-state index contributed by atoms with van der Waals surface area (Å²) in [5, 5.41) is 0. The number of carbonyl (C=O) groups is 1. The van der Waals surface area contributed by atoms with Crippen molar-refractivity contribution in [2.75, 3.05) is 19.6 Å². The zero-order valence-corrected chi connectivity index (χ0v) is 12.6. The minimum Gasteiger partial charge on any atom is -0.333 e. The molecule has 2 aliphatic rings. The molecule has 0 bridgehead atoms. The van der Waals surface area contributed by atoms with Gasteiger partial charge in [-0.1, -0.05) is 0 Å². The van der Waals surface area contributed by atoms with Crippen LogP contribution in [0.1, 0.15) is 30.1 Å². The Morgan fingerprint density at radius 1 is 1.47 bits per heavy atom. The lowest BCUT2D eigenvalue weighted by molar-refractivity contribution is 0.0394. The van der Waals surface area contributed by atoms with Crippen molar-refractivity contribution in [3.8, 4) is 0 Å². The highest BCUT2D eigenvalue weighted by molar-refractivity contribution is 9.10. The average molecular weight is 324 g/mol. The molecule has 102 valence electrons. The first-order chi connectivity index (χ1) is 9.16. The third-order valence-electron chi connectivity index (χ3n) is 4.19. The maximum Gasteiger partial charge on any atom is 0.256 e. The van der Waals surface area contributed by atoms with Crippen molar-refractivity contribution in [3.05, 3.63) is 28.5 Å². The number of fused-ring (bicyclic) bond motifs is 1. The molecular formula is C14H18BrN3O. The molecule has 0 aliphatic carbocycles. The number of nitrogens with zero attached hydrogens (tertiary/aromatic N) is 3. The third-order valence-corrected chi connectivity index (χ3v) is 4.82. The van der Waals surface area contributed by atoms with Gasteiger partial charge in [-0.25, -0.2) is 4.98 Å². The fourth-order valence-electron chi connectivity index (χ4n) is 3.17. The Hall–Kier alpha value is -0.940. The molecule has 0 saturated carbocycles. The lowest BCUT2D eigenvalue weighted by atomic mass is 10.1. The molecule has 1 aromatic rings. The van der Waals surface area contributed by atoms with Crippen molar-refractivity contribution in [1.29, 1.82) is 0 Å². The van der Waals surface area contributed by atoms with Crippen molar-refractivity contribution in [2.45, 2.75) is 31.8 Å². The molecular weight excluding hydrogens is 306 g/mol. The molecule has 2 fully saturated rings. The Morgan fingerprint density at radius 2 is 2.32 bits per heavy atom. The SMILES string of the molecule is CC1CN2CCCC2CN1C(=O)c1cccnc1Br. The van der Waals surface area contributed by atoms with Crippen LogP contribution in [0.3, 0.4) is 0 Å². The topological polar surface area (TPSA) is 36.4 Å². The van der Waals surface area contributed by atoms with Crippen LogP contribution in [0.25, 0.3) is 0 Å². The monoisotopic (exact) mass is 323 g/mol. The molecule has 2 aliphatic heterocycles. The molecule has 1 aromatic heterocycles.